The van der Waals surface area contributed by atoms with Crippen molar-refractivity contribution < 1.29 is 20.1 Å². The van der Waals surface area contributed by atoms with Gasteiger partial charge in [0.15, 0.2) is 23.0 Å². The molecule has 0 spiro atoms. The van der Waals surface area contributed by atoms with Gasteiger partial charge >= 0.3 is 0 Å². The first kappa shape index (κ1) is 13.6. The normalized spacial score (nSPS) is 17.3. The highest BCUT2D eigenvalue weighted by Gasteiger charge is 2.25. The molecule has 5 heteroatoms. The Bertz CT molecular complexity index is 684. The second-order valence-corrected chi connectivity index (χ2v) is 5.12. The van der Waals surface area contributed by atoms with Crippen LogP contribution in [-0.2, 0) is 6.54 Å². The molecule has 0 fully saturated rings. The van der Waals surface area contributed by atoms with Gasteiger partial charge in [0.1, 0.15) is 0 Å². The summed E-state index contributed by atoms with van der Waals surface area (Å²) in [5.74, 6) is 0.315. The van der Waals surface area contributed by atoms with Gasteiger partial charge in [-0.3, -0.25) is 0 Å². The Balaban J connectivity index is 2.08. The van der Waals surface area contributed by atoms with Crippen molar-refractivity contribution in [1.82, 2.24) is 5.32 Å². The molecule has 110 valence electrons. The monoisotopic (exact) mass is 287 g/mol. The zero-order valence-electron chi connectivity index (χ0n) is 11.6. The summed E-state index contributed by atoms with van der Waals surface area (Å²) in [5, 5.41) is 32.6. The molecule has 4 N–H and O–H groups in total. The minimum Gasteiger partial charge on any atom is -0.504 e. The lowest BCUT2D eigenvalue weighted by Gasteiger charge is -2.28. The van der Waals surface area contributed by atoms with E-state index in [1.165, 1.54) is 13.2 Å². The molecule has 1 aliphatic heterocycles. The number of methoxy groups -OCH3 is 1. The van der Waals surface area contributed by atoms with Crippen LogP contribution in [0.1, 0.15) is 22.6 Å². The van der Waals surface area contributed by atoms with Crippen molar-refractivity contribution in [3.63, 3.8) is 0 Å². The summed E-state index contributed by atoms with van der Waals surface area (Å²) in [6.45, 7) is 1.27. The molecule has 0 aromatic heterocycles. The molecule has 0 radical (unpaired) electrons. The van der Waals surface area contributed by atoms with Crippen LogP contribution in [0.3, 0.4) is 0 Å². The third-order valence-electron chi connectivity index (χ3n) is 3.93. The van der Waals surface area contributed by atoms with Crippen LogP contribution in [-0.4, -0.2) is 29.0 Å². The van der Waals surface area contributed by atoms with E-state index in [0.29, 0.717) is 18.8 Å². The van der Waals surface area contributed by atoms with E-state index in [4.69, 9.17) is 4.74 Å². The van der Waals surface area contributed by atoms with Gasteiger partial charge in [-0.2, -0.15) is 0 Å². The number of benzene rings is 2. The predicted molar refractivity (Wildman–Crippen MR) is 78.0 cm³/mol. The molecular formula is C16H17NO4. The summed E-state index contributed by atoms with van der Waals surface area (Å²) in [7, 11) is 1.52. The molecule has 0 unspecified atom stereocenters. The largest absolute Gasteiger partial charge is 0.504 e. The number of ether oxygens (including phenoxy) is 1. The van der Waals surface area contributed by atoms with E-state index in [9.17, 15) is 15.3 Å². The zero-order valence-corrected chi connectivity index (χ0v) is 11.6. The van der Waals surface area contributed by atoms with Gasteiger partial charge in [0, 0.05) is 24.6 Å². The summed E-state index contributed by atoms with van der Waals surface area (Å²) in [4.78, 5) is 0. The first-order valence-corrected chi connectivity index (χ1v) is 6.73. The second kappa shape index (κ2) is 5.18. The number of nitrogens with one attached hydrogen (secondary N) is 1. The Labute approximate surface area is 122 Å². The molecule has 0 aliphatic carbocycles. The van der Waals surface area contributed by atoms with E-state index in [-0.39, 0.29) is 23.2 Å². The number of aromatic hydroxyl groups is 3. The number of hydrogen-bond donors (Lipinski definition) is 4. The summed E-state index contributed by atoms with van der Waals surface area (Å²) >= 11 is 0. The quantitative estimate of drug-likeness (QED) is 0.636. The SMILES string of the molecule is COc1ccc2c(c1O)CNC[C@@H]2c1ccc(O)c(O)c1. The average molecular weight is 287 g/mol. The van der Waals surface area contributed by atoms with Crippen molar-refractivity contribution in [2.45, 2.75) is 12.5 Å². The number of hydrogen-bond acceptors (Lipinski definition) is 5. The van der Waals surface area contributed by atoms with Gasteiger partial charge in [-0.05, 0) is 29.3 Å². The lowest BCUT2D eigenvalue weighted by molar-refractivity contribution is 0.367. The maximum Gasteiger partial charge on any atom is 0.162 e. The number of rotatable bonds is 2. The number of fused-ring (bicyclic) bond motifs is 1. The number of phenolic OH excluding ortho intramolecular Hbond substituents is 3. The van der Waals surface area contributed by atoms with Crippen LogP contribution in [0.15, 0.2) is 30.3 Å². The molecule has 5 nitrogen and oxygen atoms in total. The van der Waals surface area contributed by atoms with Crippen LogP contribution in [0, 0.1) is 0 Å². The van der Waals surface area contributed by atoms with Crippen molar-refractivity contribution in [3.05, 3.63) is 47.0 Å². The highest BCUT2D eigenvalue weighted by atomic mass is 16.5. The lowest BCUT2D eigenvalue weighted by Crippen LogP contribution is -2.28. The van der Waals surface area contributed by atoms with Crippen molar-refractivity contribution in [2.75, 3.05) is 13.7 Å². The van der Waals surface area contributed by atoms with Gasteiger partial charge < -0.3 is 25.4 Å². The van der Waals surface area contributed by atoms with E-state index in [1.54, 1.807) is 18.2 Å². The zero-order chi connectivity index (χ0) is 15.0. The number of phenols is 3. The van der Waals surface area contributed by atoms with Crippen molar-refractivity contribution >= 4 is 0 Å². The summed E-state index contributed by atoms with van der Waals surface area (Å²) in [6, 6.07) is 8.48. The van der Waals surface area contributed by atoms with E-state index in [0.717, 1.165) is 16.7 Å². The Morgan fingerprint density at radius 3 is 2.62 bits per heavy atom. The third-order valence-corrected chi connectivity index (χ3v) is 3.93. The Morgan fingerprint density at radius 1 is 1.10 bits per heavy atom. The molecule has 3 rings (SSSR count). The fraction of sp³-hybridized carbons (Fsp3) is 0.250. The summed E-state index contributed by atoms with van der Waals surface area (Å²) < 4.78 is 5.14. The summed E-state index contributed by atoms with van der Waals surface area (Å²) in [5.41, 5.74) is 2.68. The Hall–Kier alpha value is -2.40. The van der Waals surface area contributed by atoms with Gasteiger partial charge in [0.05, 0.1) is 7.11 Å². The molecule has 0 amide bonds. The van der Waals surface area contributed by atoms with Crippen LogP contribution in [0.5, 0.6) is 23.0 Å². The molecule has 0 saturated heterocycles. The second-order valence-electron chi connectivity index (χ2n) is 5.12. The van der Waals surface area contributed by atoms with E-state index in [1.807, 2.05) is 6.07 Å². The van der Waals surface area contributed by atoms with Gasteiger partial charge in [0.25, 0.3) is 0 Å². The third kappa shape index (κ3) is 2.25. The molecule has 0 saturated carbocycles. The minimum absolute atomic E-state index is 0.00273. The molecule has 2 aromatic carbocycles. The highest BCUT2D eigenvalue weighted by Crippen LogP contribution is 2.40. The first-order chi connectivity index (χ1) is 10.1. The molecule has 1 heterocycles. The Kier molecular flexibility index (Phi) is 3.35. The lowest BCUT2D eigenvalue weighted by atomic mass is 9.85. The standard InChI is InChI=1S/C16H17NO4/c1-21-15-5-3-10-11(7-17-8-12(10)16(15)20)9-2-4-13(18)14(19)6-9/h2-6,11,17-20H,7-8H2,1H3/t11-/m1/s1. The van der Waals surface area contributed by atoms with Crippen LogP contribution < -0.4 is 10.1 Å². The molecule has 21 heavy (non-hydrogen) atoms. The molecule has 0 bridgehead atoms. The smallest absolute Gasteiger partial charge is 0.162 e. The topological polar surface area (TPSA) is 82.0 Å². The van der Waals surface area contributed by atoms with Gasteiger partial charge in [-0.1, -0.05) is 12.1 Å². The fourth-order valence-corrected chi connectivity index (χ4v) is 2.81. The molecule has 1 atom stereocenters. The van der Waals surface area contributed by atoms with E-state index < -0.39 is 0 Å². The van der Waals surface area contributed by atoms with Crippen LogP contribution in [0.2, 0.25) is 0 Å². The van der Waals surface area contributed by atoms with Crippen molar-refractivity contribution in [3.8, 4) is 23.0 Å². The minimum atomic E-state index is -0.141. The fourth-order valence-electron chi connectivity index (χ4n) is 2.81. The van der Waals surface area contributed by atoms with Gasteiger partial charge in [0.2, 0.25) is 0 Å². The van der Waals surface area contributed by atoms with Crippen molar-refractivity contribution in [2.24, 2.45) is 0 Å². The van der Waals surface area contributed by atoms with Gasteiger partial charge in [-0.15, -0.1) is 0 Å². The predicted octanol–water partition coefficient (Wildman–Crippen LogP) is 2.05. The highest BCUT2D eigenvalue weighted by molar-refractivity contribution is 5.55. The Morgan fingerprint density at radius 2 is 1.90 bits per heavy atom. The maximum atomic E-state index is 10.2. The van der Waals surface area contributed by atoms with Crippen LogP contribution >= 0.6 is 0 Å². The molecule has 2 aromatic rings. The molecular weight excluding hydrogens is 270 g/mol. The maximum absolute atomic E-state index is 10.2. The van der Waals surface area contributed by atoms with Gasteiger partial charge in [-0.25, -0.2) is 0 Å². The van der Waals surface area contributed by atoms with E-state index in [2.05, 4.69) is 5.32 Å². The first-order valence-electron chi connectivity index (χ1n) is 6.73. The van der Waals surface area contributed by atoms with Crippen molar-refractivity contribution in [1.29, 1.82) is 0 Å². The molecule has 1 aliphatic rings. The average Bonchev–Trinajstić information content (AvgIpc) is 2.50. The summed E-state index contributed by atoms with van der Waals surface area (Å²) in [6.07, 6.45) is 0. The van der Waals surface area contributed by atoms with Crippen LogP contribution in [0.25, 0.3) is 0 Å². The van der Waals surface area contributed by atoms with Crippen LogP contribution in [0.4, 0.5) is 0 Å². The van der Waals surface area contributed by atoms with E-state index >= 15 is 0 Å².